The molecule has 0 aromatic rings. The van der Waals surface area contributed by atoms with Crippen molar-refractivity contribution in [2.45, 2.75) is 0 Å². The fourth-order valence-corrected chi connectivity index (χ4v) is 0. The van der Waals surface area contributed by atoms with E-state index in [-0.39, 0.29) is 36.5 Å². The Morgan fingerprint density at radius 3 is 0.500 bits per heavy atom. The van der Waals surface area contributed by atoms with Gasteiger partial charge in [-0.25, -0.2) is 0 Å². The average molecular weight is 153 g/mol. The van der Waals surface area contributed by atoms with Gasteiger partial charge < -0.3 is 0 Å². The van der Waals surface area contributed by atoms with E-state index in [1.165, 1.54) is 0 Å². The van der Waals surface area contributed by atoms with Gasteiger partial charge in [0.1, 0.15) is 0 Å². The van der Waals surface area contributed by atoms with E-state index < -0.39 is 0 Å². The minimum absolute atomic E-state index is 0. The van der Waals surface area contributed by atoms with Crippen LogP contribution >= 0.6 is 0 Å². The predicted octanol–water partition coefficient (Wildman–Crippen LogP) is 0.455. The Morgan fingerprint density at radius 1 is 0.500 bits per heavy atom. The predicted molar refractivity (Wildman–Crippen MR) is 7.51 cm³/mol. The molecule has 0 fully saturated rings. The third-order valence-electron chi connectivity index (χ3n) is 0. The average Bonchev–Trinajstić information content (AvgIpc) is 0. The van der Waals surface area contributed by atoms with Gasteiger partial charge in [0, 0.05) is 22.4 Å². The molecule has 0 aliphatic carbocycles. The Hall–Kier alpha value is 0.530. The summed E-state index contributed by atoms with van der Waals surface area (Å²) in [5.74, 6) is 0. The van der Waals surface area contributed by atoms with E-state index in [0.717, 1.165) is 0 Å². The molecule has 4 heavy (non-hydrogen) atoms. The van der Waals surface area contributed by atoms with Crippen molar-refractivity contribution >= 4 is 0 Å². The Labute approximate surface area is 37.2 Å². The van der Waals surface area contributed by atoms with E-state index in [4.69, 9.17) is 0 Å². The van der Waals surface area contributed by atoms with Gasteiger partial charge in [-0.15, -0.1) is 0 Å². The van der Waals surface area contributed by atoms with Crippen molar-refractivity contribution in [2.24, 2.45) is 0 Å². The largest absolute Gasteiger partial charge is 0.269 e. The van der Waals surface area contributed by atoms with Crippen LogP contribution in [-0.4, -0.2) is 0 Å². The molecule has 0 aliphatic rings. The minimum Gasteiger partial charge on any atom is -0.269 e. The molecule has 0 spiro atoms. The summed E-state index contributed by atoms with van der Waals surface area (Å²) in [6, 6.07) is 0. The van der Waals surface area contributed by atoms with E-state index in [0.29, 0.717) is 0 Å². The van der Waals surface area contributed by atoms with Gasteiger partial charge in [0.2, 0.25) is 0 Å². The maximum atomic E-state index is 0. The number of halogens is 3. The standard InChI is InChI=1S/3FH.Nb/h3*1H;. The molecule has 0 amide bonds. The molecule has 0 saturated carbocycles. The topological polar surface area (TPSA) is 0 Å². The normalized spacial score (nSPS) is 0. The zero-order chi connectivity index (χ0) is 0. The van der Waals surface area contributed by atoms with Crippen LogP contribution in [0.1, 0.15) is 0 Å². The van der Waals surface area contributed by atoms with Crippen LogP contribution in [0, 0.1) is 0 Å². The SMILES string of the molecule is F.F.F.[Nb]. The van der Waals surface area contributed by atoms with Crippen LogP contribution in [0.3, 0.4) is 0 Å². The second kappa shape index (κ2) is 80.4. The van der Waals surface area contributed by atoms with Crippen molar-refractivity contribution < 1.29 is 36.5 Å². The Balaban J connectivity index is 0. The molecule has 0 saturated heterocycles. The molecule has 1 radical (unpaired) electrons. The maximum absolute atomic E-state index is 0. The molecule has 0 heterocycles. The Morgan fingerprint density at radius 2 is 0.500 bits per heavy atom. The molecule has 0 nitrogen and oxygen atoms in total. The summed E-state index contributed by atoms with van der Waals surface area (Å²) in [5, 5.41) is 0. The summed E-state index contributed by atoms with van der Waals surface area (Å²) in [6.45, 7) is 0. The van der Waals surface area contributed by atoms with E-state index >= 15 is 0 Å². The number of hydrogen-bond donors (Lipinski definition) is 0. The van der Waals surface area contributed by atoms with Crippen molar-refractivity contribution in [2.75, 3.05) is 0 Å². The van der Waals surface area contributed by atoms with Gasteiger partial charge in [-0.3, -0.25) is 14.1 Å². The second-order valence-electron chi connectivity index (χ2n) is 0. The van der Waals surface area contributed by atoms with Crippen molar-refractivity contribution in [3.63, 3.8) is 0 Å². The third kappa shape index (κ3) is 21.1. The molecule has 0 N–H and O–H groups in total. The Bertz CT molecular complexity index is 3.25. The maximum Gasteiger partial charge on any atom is 0 e. The molecule has 0 rings (SSSR count). The first kappa shape index (κ1) is 201. The fraction of sp³-hybridized carbons (Fsp3) is 0. The minimum atomic E-state index is 0. The van der Waals surface area contributed by atoms with Crippen molar-refractivity contribution in [3.05, 3.63) is 0 Å². The van der Waals surface area contributed by atoms with Gasteiger partial charge in [-0.2, -0.15) is 0 Å². The van der Waals surface area contributed by atoms with Crippen LogP contribution in [0.15, 0.2) is 0 Å². The van der Waals surface area contributed by atoms with Gasteiger partial charge in [0.15, 0.2) is 0 Å². The van der Waals surface area contributed by atoms with Gasteiger partial charge >= 0.3 is 0 Å². The monoisotopic (exact) mass is 153 g/mol. The zero-order valence-corrected chi connectivity index (χ0v) is 3.87. The molecule has 0 bridgehead atoms. The van der Waals surface area contributed by atoms with Gasteiger partial charge in [0.25, 0.3) is 0 Å². The number of hydrogen-bond acceptors (Lipinski definition) is 0. The molecular weight excluding hydrogens is 150 g/mol. The van der Waals surface area contributed by atoms with Gasteiger partial charge in [-0.1, -0.05) is 0 Å². The summed E-state index contributed by atoms with van der Waals surface area (Å²) in [7, 11) is 0. The molecule has 0 aromatic carbocycles. The molecule has 0 unspecified atom stereocenters. The third-order valence-corrected chi connectivity index (χ3v) is 0. The Kier molecular flexibility index (Phi) is 4040. The van der Waals surface area contributed by atoms with Gasteiger partial charge in [0.05, 0.1) is 0 Å². The summed E-state index contributed by atoms with van der Waals surface area (Å²) >= 11 is 0. The summed E-state index contributed by atoms with van der Waals surface area (Å²) in [5.41, 5.74) is 0. The summed E-state index contributed by atoms with van der Waals surface area (Å²) < 4.78 is 0. The van der Waals surface area contributed by atoms with E-state index in [9.17, 15) is 0 Å². The first-order valence-corrected chi connectivity index (χ1v) is 0. The van der Waals surface area contributed by atoms with Crippen LogP contribution in [0.4, 0.5) is 14.1 Å². The quantitative estimate of drug-likeness (QED) is 0.443. The van der Waals surface area contributed by atoms with Crippen molar-refractivity contribution in [3.8, 4) is 0 Å². The zero-order valence-electron chi connectivity index (χ0n) is 1.67. The number of rotatable bonds is 0. The fourth-order valence-electron chi connectivity index (χ4n) is 0. The van der Waals surface area contributed by atoms with Crippen molar-refractivity contribution in [1.82, 2.24) is 0 Å². The summed E-state index contributed by atoms with van der Waals surface area (Å²) in [6.07, 6.45) is 0. The van der Waals surface area contributed by atoms with Crippen molar-refractivity contribution in [1.29, 1.82) is 0 Å². The van der Waals surface area contributed by atoms with Crippen LogP contribution in [0.5, 0.6) is 0 Å². The first-order chi connectivity index (χ1) is 0. The van der Waals surface area contributed by atoms with Gasteiger partial charge in [-0.05, 0) is 0 Å². The van der Waals surface area contributed by atoms with E-state index in [2.05, 4.69) is 0 Å². The van der Waals surface area contributed by atoms with E-state index in [1.54, 1.807) is 0 Å². The first-order valence-electron chi connectivity index (χ1n) is 0. The van der Waals surface area contributed by atoms with Crippen LogP contribution < -0.4 is 0 Å². The molecule has 0 aliphatic heterocycles. The van der Waals surface area contributed by atoms with Crippen LogP contribution in [-0.2, 0) is 22.4 Å². The van der Waals surface area contributed by atoms with Crippen LogP contribution in [0.25, 0.3) is 0 Å². The molecule has 0 aromatic heterocycles. The smallest absolute Gasteiger partial charge is 0 e. The molecular formula is H3F3Nb. The summed E-state index contributed by atoms with van der Waals surface area (Å²) in [4.78, 5) is 0. The van der Waals surface area contributed by atoms with Crippen LogP contribution in [0.2, 0.25) is 0 Å². The molecule has 4 heteroatoms. The molecule has 0 atom stereocenters. The second-order valence-corrected chi connectivity index (χ2v) is 0. The molecule has 29 valence electrons. The van der Waals surface area contributed by atoms with E-state index in [1.807, 2.05) is 0 Å².